The molecule has 0 aliphatic rings. The third kappa shape index (κ3) is 5.53. The molecule has 27 heavy (non-hydrogen) atoms. The van der Waals surface area contributed by atoms with Gasteiger partial charge in [0.25, 0.3) is 0 Å². The first-order valence-electron chi connectivity index (χ1n) is 8.00. The summed E-state index contributed by atoms with van der Waals surface area (Å²) in [7, 11) is -1.02. The van der Waals surface area contributed by atoms with Crippen molar-refractivity contribution in [2.45, 2.75) is 11.8 Å². The molecular weight excluding hydrogens is 370 g/mol. The maximum atomic E-state index is 12.6. The fourth-order valence-corrected chi connectivity index (χ4v) is 3.41. The minimum atomic E-state index is -3.85. The van der Waals surface area contributed by atoms with Crippen LogP contribution in [0, 0.1) is 0 Å². The summed E-state index contributed by atoms with van der Waals surface area (Å²) in [6.07, 6.45) is 0. The molecule has 0 atom stereocenters. The Morgan fingerprint density at radius 1 is 1.04 bits per heavy atom. The number of benzene rings is 2. The average molecular weight is 391 g/mol. The summed E-state index contributed by atoms with van der Waals surface area (Å²) in [5, 5.41) is 5.19. The van der Waals surface area contributed by atoms with Gasteiger partial charge in [0, 0.05) is 31.4 Å². The van der Waals surface area contributed by atoms with E-state index in [4.69, 9.17) is 4.74 Å². The van der Waals surface area contributed by atoms with Gasteiger partial charge in [-0.3, -0.25) is 9.59 Å². The van der Waals surface area contributed by atoms with Crippen molar-refractivity contribution >= 4 is 33.2 Å². The Morgan fingerprint density at radius 3 is 2.30 bits per heavy atom. The van der Waals surface area contributed by atoms with E-state index in [1.165, 1.54) is 45.3 Å². The van der Waals surface area contributed by atoms with Gasteiger partial charge in [0.15, 0.2) is 0 Å². The number of rotatable bonds is 7. The van der Waals surface area contributed by atoms with E-state index in [1.807, 2.05) is 0 Å². The number of hydrogen-bond donors (Lipinski definition) is 2. The van der Waals surface area contributed by atoms with Crippen LogP contribution in [0.3, 0.4) is 0 Å². The lowest BCUT2D eigenvalue weighted by atomic mass is 10.3. The molecule has 144 valence electrons. The van der Waals surface area contributed by atoms with Crippen LogP contribution >= 0.6 is 0 Å². The van der Waals surface area contributed by atoms with E-state index >= 15 is 0 Å². The Labute approximate surface area is 158 Å². The average Bonchev–Trinajstić information content (AvgIpc) is 2.61. The molecular formula is C18H21N3O5S. The summed E-state index contributed by atoms with van der Waals surface area (Å²) in [6, 6.07) is 12.5. The Hall–Kier alpha value is -2.91. The number of ether oxygens (including phenoxy) is 1. The number of carbonyl (C=O) groups excluding carboxylic acids is 2. The number of anilines is 2. The zero-order chi connectivity index (χ0) is 20.0. The largest absolute Gasteiger partial charge is 0.497 e. The van der Waals surface area contributed by atoms with Gasteiger partial charge >= 0.3 is 0 Å². The zero-order valence-corrected chi connectivity index (χ0v) is 16.0. The molecule has 2 aromatic carbocycles. The summed E-state index contributed by atoms with van der Waals surface area (Å²) in [6.45, 7) is 1.01. The van der Waals surface area contributed by atoms with Gasteiger partial charge in [-0.05, 0) is 36.4 Å². The molecule has 0 spiro atoms. The number of methoxy groups -OCH3 is 1. The molecule has 8 nitrogen and oxygen atoms in total. The second-order valence-electron chi connectivity index (χ2n) is 5.75. The molecule has 2 aromatic rings. The lowest BCUT2D eigenvalue weighted by molar-refractivity contribution is -0.116. The topological polar surface area (TPSA) is 105 Å². The molecule has 0 aliphatic heterocycles. The summed E-state index contributed by atoms with van der Waals surface area (Å²) in [5.41, 5.74) is 0.990. The van der Waals surface area contributed by atoms with Gasteiger partial charge in [0.1, 0.15) is 5.75 Å². The normalized spacial score (nSPS) is 11.1. The molecule has 0 bridgehead atoms. The van der Waals surface area contributed by atoms with Crippen molar-refractivity contribution in [1.29, 1.82) is 0 Å². The van der Waals surface area contributed by atoms with Crippen molar-refractivity contribution in [3.8, 4) is 5.75 Å². The fourth-order valence-electron chi connectivity index (χ4n) is 2.28. The van der Waals surface area contributed by atoms with Crippen LogP contribution < -0.4 is 15.4 Å². The van der Waals surface area contributed by atoms with Crippen LogP contribution in [0.2, 0.25) is 0 Å². The summed E-state index contributed by atoms with van der Waals surface area (Å²) in [4.78, 5) is 23.2. The number of hydrogen-bond acceptors (Lipinski definition) is 5. The molecule has 2 N–H and O–H groups in total. The predicted octanol–water partition coefficient (Wildman–Crippen LogP) is 1.91. The van der Waals surface area contributed by atoms with Crippen molar-refractivity contribution < 1.29 is 22.7 Å². The molecule has 9 heteroatoms. The van der Waals surface area contributed by atoms with Crippen LogP contribution in [-0.2, 0) is 19.6 Å². The Bertz CT molecular complexity index is 926. The van der Waals surface area contributed by atoms with Gasteiger partial charge in [-0.25, -0.2) is 8.42 Å². The van der Waals surface area contributed by atoms with Crippen LogP contribution in [0.15, 0.2) is 53.4 Å². The van der Waals surface area contributed by atoms with E-state index in [0.29, 0.717) is 17.1 Å². The van der Waals surface area contributed by atoms with Crippen molar-refractivity contribution in [1.82, 2.24) is 4.31 Å². The molecule has 2 amide bonds. The second-order valence-corrected chi connectivity index (χ2v) is 7.79. The monoisotopic (exact) mass is 391 g/mol. The maximum Gasteiger partial charge on any atom is 0.243 e. The highest BCUT2D eigenvalue weighted by Crippen LogP contribution is 2.19. The lowest BCUT2D eigenvalue weighted by Gasteiger charge is -2.17. The van der Waals surface area contributed by atoms with Crippen LogP contribution in [-0.4, -0.2) is 45.2 Å². The highest BCUT2D eigenvalue weighted by Gasteiger charge is 2.23. The highest BCUT2D eigenvalue weighted by atomic mass is 32.2. The van der Waals surface area contributed by atoms with Crippen molar-refractivity contribution in [3.63, 3.8) is 0 Å². The van der Waals surface area contributed by atoms with Crippen LogP contribution in [0.25, 0.3) is 0 Å². The zero-order valence-electron chi connectivity index (χ0n) is 15.2. The second kappa shape index (κ2) is 8.65. The molecule has 0 aliphatic carbocycles. The van der Waals surface area contributed by atoms with Gasteiger partial charge in [-0.1, -0.05) is 6.07 Å². The third-order valence-electron chi connectivity index (χ3n) is 3.60. The molecule has 2 rings (SSSR count). The minimum Gasteiger partial charge on any atom is -0.497 e. The van der Waals surface area contributed by atoms with Gasteiger partial charge in [-0.2, -0.15) is 4.31 Å². The molecule has 0 heterocycles. The predicted molar refractivity (Wildman–Crippen MR) is 102 cm³/mol. The van der Waals surface area contributed by atoms with Crippen molar-refractivity contribution in [2.75, 3.05) is 31.3 Å². The molecule has 0 saturated carbocycles. The number of carbonyl (C=O) groups is 2. The van der Waals surface area contributed by atoms with Crippen LogP contribution in [0.1, 0.15) is 6.92 Å². The third-order valence-corrected chi connectivity index (χ3v) is 5.42. The molecule has 0 saturated heterocycles. The molecule has 0 radical (unpaired) electrons. The quantitative estimate of drug-likeness (QED) is 0.750. The van der Waals surface area contributed by atoms with E-state index in [1.54, 1.807) is 24.3 Å². The number of nitrogens with zero attached hydrogens (tertiary/aromatic N) is 1. The summed E-state index contributed by atoms with van der Waals surface area (Å²) < 4.78 is 31.2. The minimum absolute atomic E-state index is 0.0216. The maximum absolute atomic E-state index is 12.6. The summed E-state index contributed by atoms with van der Waals surface area (Å²) in [5.74, 6) is -0.158. The smallest absolute Gasteiger partial charge is 0.243 e. The van der Waals surface area contributed by atoms with Crippen molar-refractivity contribution in [3.05, 3.63) is 48.5 Å². The van der Waals surface area contributed by atoms with Gasteiger partial charge in [0.05, 0.1) is 18.6 Å². The molecule has 0 fully saturated rings. The van der Waals surface area contributed by atoms with E-state index < -0.39 is 15.9 Å². The molecule has 0 aromatic heterocycles. The van der Waals surface area contributed by atoms with E-state index in [9.17, 15) is 18.0 Å². The highest BCUT2D eigenvalue weighted by molar-refractivity contribution is 7.89. The van der Waals surface area contributed by atoms with Crippen molar-refractivity contribution in [2.24, 2.45) is 0 Å². The van der Waals surface area contributed by atoms with E-state index in [0.717, 1.165) is 4.31 Å². The first kappa shape index (κ1) is 20.4. The Balaban J connectivity index is 2.05. The van der Waals surface area contributed by atoms with Crippen LogP contribution in [0.4, 0.5) is 11.4 Å². The van der Waals surface area contributed by atoms with Crippen LogP contribution in [0.5, 0.6) is 5.75 Å². The van der Waals surface area contributed by atoms with Gasteiger partial charge < -0.3 is 15.4 Å². The SMILES string of the molecule is COc1cccc(NC(=O)CN(C)S(=O)(=O)c2ccc(NC(C)=O)cc2)c1. The Morgan fingerprint density at radius 2 is 1.70 bits per heavy atom. The van der Waals surface area contributed by atoms with E-state index in [2.05, 4.69) is 10.6 Å². The summed E-state index contributed by atoms with van der Waals surface area (Å²) >= 11 is 0. The number of sulfonamides is 1. The number of nitrogens with one attached hydrogen (secondary N) is 2. The van der Waals surface area contributed by atoms with Gasteiger partial charge in [-0.15, -0.1) is 0 Å². The molecule has 0 unspecified atom stereocenters. The first-order chi connectivity index (χ1) is 12.7. The standard InChI is InChI=1S/C18H21N3O5S/c1-13(22)19-14-7-9-17(10-8-14)27(24,25)21(2)12-18(23)20-15-5-4-6-16(11-15)26-3/h4-11H,12H2,1-3H3,(H,19,22)(H,20,23). The van der Waals surface area contributed by atoms with Gasteiger partial charge in [0.2, 0.25) is 21.8 Å². The number of amides is 2. The first-order valence-corrected chi connectivity index (χ1v) is 9.44. The Kier molecular flexibility index (Phi) is 6.54. The number of likely N-dealkylation sites (N-methyl/N-ethyl adjacent to an activating group) is 1. The lowest BCUT2D eigenvalue weighted by Crippen LogP contribution is -2.34. The van der Waals surface area contributed by atoms with E-state index in [-0.39, 0.29) is 17.3 Å². The fraction of sp³-hybridized carbons (Fsp3) is 0.222.